The molecule has 28 heavy (non-hydrogen) atoms. The van der Waals surface area contributed by atoms with Gasteiger partial charge in [0.15, 0.2) is 5.13 Å². The van der Waals surface area contributed by atoms with Crippen molar-refractivity contribution in [1.82, 2.24) is 9.88 Å². The molecule has 1 aliphatic rings. The summed E-state index contributed by atoms with van der Waals surface area (Å²) in [6.07, 6.45) is 1.49. The van der Waals surface area contributed by atoms with Gasteiger partial charge in [0.05, 0.1) is 18.7 Å². The Morgan fingerprint density at radius 3 is 2.64 bits per heavy atom. The fourth-order valence-corrected chi connectivity index (χ4v) is 4.00. The van der Waals surface area contributed by atoms with Gasteiger partial charge in [-0.2, -0.15) is 0 Å². The normalized spacial score (nSPS) is 13.7. The Morgan fingerprint density at radius 2 is 2.00 bits per heavy atom. The number of likely N-dealkylation sites (N-methyl/N-ethyl adjacent to an activating group) is 1. The van der Waals surface area contributed by atoms with Gasteiger partial charge in [-0.15, -0.1) is 11.3 Å². The molecular formula is C20H24N4O3S. The third kappa shape index (κ3) is 4.56. The van der Waals surface area contributed by atoms with E-state index in [1.54, 1.807) is 17.3 Å². The Bertz CT molecular complexity index is 888. The molecule has 7 nitrogen and oxygen atoms in total. The molecule has 0 atom stereocenters. The van der Waals surface area contributed by atoms with E-state index in [2.05, 4.69) is 10.3 Å². The predicted molar refractivity (Wildman–Crippen MR) is 110 cm³/mol. The van der Waals surface area contributed by atoms with Crippen molar-refractivity contribution >= 4 is 39.9 Å². The number of anilines is 2. The van der Waals surface area contributed by atoms with E-state index in [4.69, 9.17) is 0 Å². The van der Waals surface area contributed by atoms with Gasteiger partial charge in [0.2, 0.25) is 17.7 Å². The predicted octanol–water partition coefficient (Wildman–Crippen LogP) is 2.53. The minimum atomic E-state index is -0.241. The van der Waals surface area contributed by atoms with E-state index >= 15 is 0 Å². The van der Waals surface area contributed by atoms with Gasteiger partial charge in [0, 0.05) is 31.1 Å². The topological polar surface area (TPSA) is 82.6 Å². The van der Waals surface area contributed by atoms with Gasteiger partial charge >= 0.3 is 0 Å². The second kappa shape index (κ2) is 8.52. The molecule has 0 spiro atoms. The minimum absolute atomic E-state index is 0.0335. The maximum Gasteiger partial charge on any atom is 0.243 e. The highest BCUT2D eigenvalue weighted by molar-refractivity contribution is 7.14. The molecule has 1 aliphatic heterocycles. The molecule has 3 rings (SSSR count). The van der Waals surface area contributed by atoms with Gasteiger partial charge in [0.25, 0.3) is 0 Å². The van der Waals surface area contributed by atoms with Crippen molar-refractivity contribution < 1.29 is 14.4 Å². The van der Waals surface area contributed by atoms with Crippen LogP contribution >= 0.6 is 11.3 Å². The SMILES string of the molecule is Cc1cccc(C)c1NC(=O)CN(C)C(=O)Cc1csc(N2CCCC2=O)n1. The minimum Gasteiger partial charge on any atom is -0.336 e. The van der Waals surface area contributed by atoms with Gasteiger partial charge in [0.1, 0.15) is 0 Å². The molecule has 8 heteroatoms. The van der Waals surface area contributed by atoms with Gasteiger partial charge < -0.3 is 10.2 Å². The summed E-state index contributed by atoms with van der Waals surface area (Å²) in [7, 11) is 1.60. The number of carbonyl (C=O) groups is 3. The molecule has 1 fully saturated rings. The summed E-state index contributed by atoms with van der Waals surface area (Å²) < 4.78 is 0. The third-order valence-corrected chi connectivity index (χ3v) is 5.64. The van der Waals surface area contributed by atoms with Crippen molar-refractivity contribution in [3.8, 4) is 0 Å². The first-order valence-electron chi connectivity index (χ1n) is 9.20. The van der Waals surface area contributed by atoms with Crippen molar-refractivity contribution in [3.63, 3.8) is 0 Å². The summed E-state index contributed by atoms with van der Waals surface area (Å²) in [5, 5.41) is 5.32. The summed E-state index contributed by atoms with van der Waals surface area (Å²) in [5.74, 6) is -0.358. The van der Waals surface area contributed by atoms with Crippen LogP contribution < -0.4 is 10.2 Å². The van der Waals surface area contributed by atoms with Crippen molar-refractivity contribution in [1.29, 1.82) is 0 Å². The van der Waals surface area contributed by atoms with Crippen molar-refractivity contribution in [2.24, 2.45) is 0 Å². The summed E-state index contributed by atoms with van der Waals surface area (Å²) in [5.41, 5.74) is 3.36. The zero-order chi connectivity index (χ0) is 20.3. The summed E-state index contributed by atoms with van der Waals surface area (Å²) in [6.45, 7) is 4.51. The number of para-hydroxylation sites is 1. The van der Waals surface area contributed by atoms with E-state index in [0.29, 0.717) is 23.8 Å². The highest BCUT2D eigenvalue weighted by Crippen LogP contribution is 2.25. The number of aryl methyl sites for hydroxylation is 2. The van der Waals surface area contributed by atoms with E-state index in [-0.39, 0.29) is 30.7 Å². The summed E-state index contributed by atoms with van der Waals surface area (Å²) >= 11 is 1.37. The van der Waals surface area contributed by atoms with Crippen molar-refractivity contribution in [2.75, 3.05) is 30.4 Å². The van der Waals surface area contributed by atoms with Gasteiger partial charge in [-0.25, -0.2) is 4.98 Å². The maximum atomic E-state index is 12.5. The molecule has 0 bridgehead atoms. The van der Waals surface area contributed by atoms with Crippen LogP contribution in [0.5, 0.6) is 0 Å². The zero-order valence-corrected chi connectivity index (χ0v) is 17.1. The van der Waals surface area contributed by atoms with Crippen LogP contribution in [0.1, 0.15) is 29.7 Å². The summed E-state index contributed by atoms with van der Waals surface area (Å²) in [4.78, 5) is 44.1. The van der Waals surface area contributed by atoms with Gasteiger partial charge in [-0.3, -0.25) is 19.3 Å². The molecule has 1 aromatic carbocycles. The van der Waals surface area contributed by atoms with E-state index in [1.165, 1.54) is 16.2 Å². The molecule has 148 valence electrons. The van der Waals surface area contributed by atoms with Crippen LogP contribution in [0.4, 0.5) is 10.8 Å². The van der Waals surface area contributed by atoms with Gasteiger partial charge in [-0.1, -0.05) is 18.2 Å². The average molecular weight is 401 g/mol. The van der Waals surface area contributed by atoms with Crippen molar-refractivity contribution in [3.05, 3.63) is 40.4 Å². The van der Waals surface area contributed by atoms with Crippen LogP contribution in [-0.4, -0.2) is 47.7 Å². The molecule has 2 aromatic rings. The van der Waals surface area contributed by atoms with Crippen LogP contribution in [0.25, 0.3) is 0 Å². The Hall–Kier alpha value is -2.74. The number of nitrogens with one attached hydrogen (secondary N) is 1. The highest BCUT2D eigenvalue weighted by atomic mass is 32.1. The first-order chi connectivity index (χ1) is 13.3. The second-order valence-electron chi connectivity index (χ2n) is 7.01. The van der Waals surface area contributed by atoms with E-state index in [1.807, 2.05) is 32.0 Å². The first-order valence-corrected chi connectivity index (χ1v) is 10.1. The number of benzene rings is 1. The van der Waals surface area contributed by atoms with Crippen LogP contribution in [0, 0.1) is 13.8 Å². The molecule has 2 heterocycles. The standard InChI is InChI=1S/C20H24N4O3S/c1-13-6-4-7-14(2)19(13)22-16(25)11-23(3)18(27)10-15-12-28-20(21-15)24-9-5-8-17(24)26/h4,6-7,12H,5,8-11H2,1-3H3,(H,22,25). The smallest absolute Gasteiger partial charge is 0.243 e. The Kier molecular flexibility index (Phi) is 6.08. The quantitative estimate of drug-likeness (QED) is 0.808. The fourth-order valence-electron chi connectivity index (χ4n) is 3.14. The number of thiazole rings is 1. The lowest BCUT2D eigenvalue weighted by atomic mass is 10.1. The van der Waals surface area contributed by atoms with Crippen LogP contribution in [-0.2, 0) is 20.8 Å². The number of rotatable bonds is 6. The van der Waals surface area contributed by atoms with E-state index in [0.717, 1.165) is 23.2 Å². The molecular weight excluding hydrogens is 376 g/mol. The number of aromatic nitrogens is 1. The van der Waals surface area contributed by atoms with Crippen LogP contribution in [0.3, 0.4) is 0 Å². The first kappa shape index (κ1) is 20.0. The number of hydrogen-bond donors (Lipinski definition) is 1. The largest absolute Gasteiger partial charge is 0.336 e. The molecule has 0 aliphatic carbocycles. The highest BCUT2D eigenvalue weighted by Gasteiger charge is 2.25. The van der Waals surface area contributed by atoms with Crippen LogP contribution in [0.15, 0.2) is 23.6 Å². The van der Waals surface area contributed by atoms with E-state index in [9.17, 15) is 14.4 Å². The monoisotopic (exact) mass is 400 g/mol. The molecule has 1 aromatic heterocycles. The lowest BCUT2D eigenvalue weighted by molar-refractivity contribution is -0.132. The van der Waals surface area contributed by atoms with Gasteiger partial charge in [-0.05, 0) is 31.4 Å². The number of hydrogen-bond acceptors (Lipinski definition) is 5. The molecule has 0 saturated carbocycles. The lowest BCUT2D eigenvalue weighted by Gasteiger charge is -2.18. The number of amides is 3. The number of carbonyl (C=O) groups excluding carboxylic acids is 3. The lowest BCUT2D eigenvalue weighted by Crippen LogP contribution is -2.36. The van der Waals surface area contributed by atoms with Crippen LogP contribution in [0.2, 0.25) is 0 Å². The maximum absolute atomic E-state index is 12.5. The average Bonchev–Trinajstić information content (AvgIpc) is 3.26. The fraction of sp³-hybridized carbons (Fsp3) is 0.400. The Labute approximate surface area is 168 Å². The van der Waals surface area contributed by atoms with Crippen molar-refractivity contribution in [2.45, 2.75) is 33.1 Å². The molecule has 1 saturated heterocycles. The second-order valence-corrected chi connectivity index (χ2v) is 7.85. The Balaban J connectivity index is 1.55. The summed E-state index contributed by atoms with van der Waals surface area (Å²) in [6, 6.07) is 5.80. The molecule has 1 N–H and O–H groups in total. The van der Waals surface area contributed by atoms with E-state index < -0.39 is 0 Å². The molecule has 3 amide bonds. The third-order valence-electron chi connectivity index (χ3n) is 4.73. The number of nitrogens with zero attached hydrogens (tertiary/aromatic N) is 3. The molecule has 0 unspecified atom stereocenters. The zero-order valence-electron chi connectivity index (χ0n) is 16.3. The molecule has 0 radical (unpaired) electrons. The Morgan fingerprint density at radius 1 is 1.29 bits per heavy atom.